The van der Waals surface area contributed by atoms with E-state index in [1.54, 1.807) is 41.3 Å². The summed E-state index contributed by atoms with van der Waals surface area (Å²) in [5, 5.41) is 35.6. The maximum Gasteiger partial charge on any atom is 0.254 e. The predicted octanol–water partition coefficient (Wildman–Crippen LogP) is 8.85. The molecule has 6 atom stereocenters. The Morgan fingerprint density at radius 2 is 1.56 bits per heavy atom. The number of para-hydroxylation sites is 1. The lowest BCUT2D eigenvalue weighted by atomic mass is 9.87. The average molecular weight is 1070 g/mol. The molecular weight excluding hydrogens is 1000 g/mol. The number of piperidine rings is 1. The molecule has 9 heterocycles. The number of benzene rings is 3. The molecule has 1 saturated carbocycles. The van der Waals surface area contributed by atoms with Crippen molar-refractivity contribution in [2.24, 2.45) is 10.9 Å². The van der Waals surface area contributed by atoms with Crippen LogP contribution in [-0.4, -0.2) is 131 Å². The molecular formula is C60H67FN12O6. The number of nitrogens with zero attached hydrogens (tertiary/aromatic N) is 10. The smallest absolute Gasteiger partial charge is 0.254 e. The van der Waals surface area contributed by atoms with Crippen LogP contribution in [0.15, 0.2) is 113 Å². The number of carbonyl (C=O) groups is 1. The van der Waals surface area contributed by atoms with Crippen LogP contribution in [0.4, 0.5) is 16.0 Å². The van der Waals surface area contributed by atoms with E-state index in [1.807, 2.05) is 69.4 Å². The maximum atomic E-state index is 14.5. The van der Waals surface area contributed by atoms with Crippen molar-refractivity contribution in [3.05, 3.63) is 126 Å². The van der Waals surface area contributed by atoms with Crippen molar-refractivity contribution in [1.29, 1.82) is 0 Å². The molecule has 4 aromatic heterocycles. The van der Waals surface area contributed by atoms with Gasteiger partial charge in [0.25, 0.3) is 5.88 Å². The summed E-state index contributed by atoms with van der Waals surface area (Å²) in [5.74, 6) is 1.39. The number of hydrogen-bond acceptors (Lipinski definition) is 16. The van der Waals surface area contributed by atoms with E-state index in [-0.39, 0.29) is 36.0 Å². The first-order valence-corrected chi connectivity index (χ1v) is 28.2. The molecule has 7 aromatic rings. The summed E-state index contributed by atoms with van der Waals surface area (Å²) in [6.45, 7) is 9.72. The molecule has 13 rings (SSSR count). The van der Waals surface area contributed by atoms with Crippen molar-refractivity contribution in [3.63, 3.8) is 0 Å². The first-order chi connectivity index (χ1) is 38.4. The van der Waals surface area contributed by atoms with E-state index in [1.165, 1.54) is 11.6 Å². The van der Waals surface area contributed by atoms with Crippen molar-refractivity contribution in [2.75, 3.05) is 42.5 Å². The van der Waals surface area contributed by atoms with Gasteiger partial charge in [0, 0.05) is 90.9 Å². The number of halogens is 1. The van der Waals surface area contributed by atoms with Gasteiger partial charge in [-0.3, -0.25) is 4.79 Å². The number of piperazine rings is 1. The number of phenols is 1. The van der Waals surface area contributed by atoms with E-state index in [4.69, 9.17) is 29.1 Å². The average Bonchev–Trinajstić information content (AvgIpc) is 4.48. The molecule has 6 aliphatic rings. The van der Waals surface area contributed by atoms with Crippen molar-refractivity contribution in [2.45, 2.75) is 132 Å². The van der Waals surface area contributed by atoms with E-state index >= 15 is 0 Å². The number of amidine groups is 1. The number of rotatable bonds is 13. The molecule has 18 nitrogen and oxygen atoms in total. The minimum Gasteiger partial charge on any atom is -0.507 e. The highest BCUT2D eigenvalue weighted by atomic mass is 19.1. The summed E-state index contributed by atoms with van der Waals surface area (Å²) >= 11 is 0. The number of aliphatic imine (C=N–C) groups is 1. The number of amides is 1. The molecule has 5 fully saturated rings. The van der Waals surface area contributed by atoms with Crippen LogP contribution in [0.3, 0.4) is 0 Å². The van der Waals surface area contributed by atoms with Gasteiger partial charge >= 0.3 is 0 Å². The van der Waals surface area contributed by atoms with Gasteiger partial charge in [-0.15, -0.1) is 10.2 Å². The van der Waals surface area contributed by atoms with Gasteiger partial charge in [-0.2, -0.15) is 0 Å². The Balaban J connectivity index is 0.584. The van der Waals surface area contributed by atoms with Crippen LogP contribution in [-0.2, 0) is 15.4 Å². The third-order valence-electron chi connectivity index (χ3n) is 17.7. The second kappa shape index (κ2) is 21.0. The number of aliphatic hydroxyl groups is 1. The zero-order chi connectivity index (χ0) is 53.9. The van der Waals surface area contributed by atoms with Crippen LogP contribution in [0, 0.1) is 11.7 Å². The summed E-state index contributed by atoms with van der Waals surface area (Å²) < 4.78 is 26.8. The highest BCUT2D eigenvalue weighted by molar-refractivity contribution is 5.95. The largest absolute Gasteiger partial charge is 0.507 e. The monoisotopic (exact) mass is 1070 g/mol. The number of β-amino-alcohol motifs (C(OH)–C–C–N with tert-alkyl or cyclic N) is 1. The van der Waals surface area contributed by atoms with Gasteiger partial charge in [-0.25, -0.2) is 29.7 Å². The number of fused-ring (bicyclic) bond motifs is 3. The number of H-pyrrole nitrogens is 1. The van der Waals surface area contributed by atoms with Crippen LogP contribution in [0.25, 0.3) is 33.4 Å². The van der Waals surface area contributed by atoms with E-state index in [9.17, 15) is 19.4 Å². The van der Waals surface area contributed by atoms with Crippen molar-refractivity contribution in [1.82, 2.24) is 45.6 Å². The molecule has 79 heavy (non-hydrogen) atoms. The summed E-state index contributed by atoms with van der Waals surface area (Å²) in [7, 11) is 0. The number of aromatic hydroxyl groups is 1. The lowest BCUT2D eigenvalue weighted by molar-refractivity contribution is -0.134. The fourth-order valence-electron chi connectivity index (χ4n) is 13.4. The Morgan fingerprint density at radius 3 is 2.28 bits per heavy atom. The van der Waals surface area contributed by atoms with E-state index in [0.29, 0.717) is 64.8 Å². The van der Waals surface area contributed by atoms with Crippen LogP contribution in [0.2, 0.25) is 0 Å². The molecule has 3 aromatic carbocycles. The van der Waals surface area contributed by atoms with Crippen LogP contribution < -0.4 is 20.0 Å². The minimum atomic E-state index is -1.11. The van der Waals surface area contributed by atoms with Crippen molar-refractivity contribution >= 4 is 34.4 Å². The Hall–Kier alpha value is -7.48. The van der Waals surface area contributed by atoms with Gasteiger partial charge in [-0.1, -0.05) is 68.4 Å². The molecule has 5 aliphatic heterocycles. The second-order valence-electron chi connectivity index (χ2n) is 23.0. The first kappa shape index (κ1) is 51.0. The number of carbonyl (C=O) groups excluding carboxylic acids is 1. The SMILES string of the molecule is CC(C)[C@@H](C(=O)N1C[C@H](O)C[C@H]1C1=N[C@](C)(c2ccc(-c3ccccc3F)cc2)ON1)c1cc(OC2CCC(N3CCC(c4cnc(N5C6CCC5CN(c5c[nH]c7nnc(-c8ccccc8O)cc57)C6)nc4)CC3)CC2)no1. The summed E-state index contributed by atoms with van der Waals surface area (Å²) in [6.07, 6.45) is 13.9. The molecule has 1 aliphatic carbocycles. The van der Waals surface area contributed by atoms with Gasteiger partial charge in [-0.05, 0) is 124 Å². The van der Waals surface area contributed by atoms with Crippen molar-refractivity contribution < 1.29 is 33.5 Å². The summed E-state index contributed by atoms with van der Waals surface area (Å²) in [4.78, 5) is 48.1. The van der Waals surface area contributed by atoms with Crippen LogP contribution in [0.5, 0.6) is 11.6 Å². The van der Waals surface area contributed by atoms with Crippen LogP contribution in [0.1, 0.15) is 107 Å². The molecule has 2 bridgehead atoms. The number of hydrogen-bond donors (Lipinski definition) is 4. The fraction of sp³-hybridized carbons (Fsp3) is 0.450. The molecule has 0 radical (unpaired) electrons. The quantitative estimate of drug-likeness (QED) is 0.0851. The molecule has 0 spiro atoms. The van der Waals surface area contributed by atoms with Crippen molar-refractivity contribution in [3.8, 4) is 34.0 Å². The number of anilines is 2. The van der Waals surface area contributed by atoms with Gasteiger partial charge in [0.15, 0.2) is 11.4 Å². The predicted molar refractivity (Wildman–Crippen MR) is 296 cm³/mol. The maximum absolute atomic E-state index is 14.5. The third kappa shape index (κ3) is 9.83. The van der Waals surface area contributed by atoms with Crippen LogP contribution >= 0.6 is 0 Å². The summed E-state index contributed by atoms with van der Waals surface area (Å²) in [5.41, 5.74) is 8.23. The van der Waals surface area contributed by atoms with Gasteiger partial charge < -0.3 is 44.1 Å². The number of aliphatic hydroxyl groups excluding tert-OH is 1. The Kier molecular flexibility index (Phi) is 13.5. The normalized spacial score (nSPS) is 26.0. The number of nitrogens with one attached hydrogen (secondary N) is 2. The topological polar surface area (TPSA) is 207 Å². The number of likely N-dealkylation sites (tertiary alicyclic amines) is 2. The van der Waals surface area contributed by atoms with E-state index in [2.05, 4.69) is 52.9 Å². The Bertz CT molecular complexity index is 3340. The number of ether oxygens (including phenoxy) is 1. The van der Waals surface area contributed by atoms with Gasteiger partial charge in [0.1, 0.15) is 29.4 Å². The van der Waals surface area contributed by atoms with E-state index in [0.717, 1.165) is 111 Å². The van der Waals surface area contributed by atoms with Gasteiger partial charge in [0.2, 0.25) is 17.6 Å². The first-order valence-electron chi connectivity index (χ1n) is 28.2. The second-order valence-corrected chi connectivity index (χ2v) is 23.0. The number of hydroxylamine groups is 1. The van der Waals surface area contributed by atoms with Gasteiger partial charge in [0.05, 0.1) is 23.5 Å². The minimum absolute atomic E-state index is 0.00359. The number of aromatic amines is 1. The third-order valence-corrected chi connectivity index (χ3v) is 17.7. The lowest BCUT2D eigenvalue weighted by Crippen LogP contribution is -2.54. The highest BCUT2D eigenvalue weighted by Gasteiger charge is 2.47. The molecule has 19 heteroatoms. The zero-order valence-corrected chi connectivity index (χ0v) is 44.8. The molecule has 2 unspecified atom stereocenters. The highest BCUT2D eigenvalue weighted by Crippen LogP contribution is 2.41. The Morgan fingerprint density at radius 1 is 0.848 bits per heavy atom. The Labute approximate surface area is 458 Å². The lowest BCUT2D eigenvalue weighted by Gasteiger charge is -2.42. The number of phenolic OH excluding ortho intramolecular Hbond substituents is 1. The standard InChI is InChI=1S/C60H67FN12O6/c1-35(2)55(58(76)72-34-43(74)26-50(72)57-65-60(3,79-69-57)39-14-12-37(13-15-39)45-8-4-6-10-48(45)61)53-28-54(68-78-53)77-44-20-18-40(19-21-44)70-24-22-36(23-25-70)38-29-63-59(64-30-38)73-41-16-17-42(73)33-71(32-41)51-31-62-56-47(51)27-49(66-67-56)46-9-5-7-11-52(46)75/h4-15,27-31,35-36,40-44,50,55,74-75H,16-26,32-34H2,1-3H3,(H,62,67)(H,65,69)/t40?,41?,42?,43-,44?,50+,55-,60+/m1/s1. The molecule has 1 amide bonds. The fourth-order valence-corrected chi connectivity index (χ4v) is 13.4. The molecule has 4 N–H and O–H groups in total. The number of aromatic nitrogens is 6. The molecule has 4 saturated heterocycles. The molecule has 410 valence electrons. The zero-order valence-electron chi connectivity index (χ0n) is 44.8. The summed E-state index contributed by atoms with van der Waals surface area (Å²) in [6, 6.07) is 25.6. The van der Waals surface area contributed by atoms with E-state index < -0.39 is 23.8 Å².